The van der Waals surface area contributed by atoms with Crippen molar-refractivity contribution in [2.75, 3.05) is 19.7 Å². The number of rotatable bonds is 4. The van der Waals surface area contributed by atoms with Crippen molar-refractivity contribution in [3.05, 3.63) is 29.8 Å². The van der Waals surface area contributed by atoms with Crippen molar-refractivity contribution in [1.29, 1.82) is 0 Å². The number of carbonyl (C=O) groups is 1. The Morgan fingerprint density at radius 3 is 3.13 bits per heavy atom. The molecular weight excluding hydrogens is 299 g/mol. The van der Waals surface area contributed by atoms with Crippen LogP contribution in [0.4, 0.5) is 4.39 Å². The summed E-state index contributed by atoms with van der Waals surface area (Å²) in [5, 5.41) is 6.04. The molecule has 2 aromatic rings. The van der Waals surface area contributed by atoms with Crippen LogP contribution in [-0.4, -0.2) is 47.3 Å². The Balaban J connectivity index is 1.61. The van der Waals surface area contributed by atoms with Crippen LogP contribution >= 0.6 is 0 Å². The number of imidazole rings is 1. The van der Waals surface area contributed by atoms with Gasteiger partial charge in [-0.05, 0) is 19.1 Å². The van der Waals surface area contributed by atoms with E-state index >= 15 is 0 Å². The van der Waals surface area contributed by atoms with Crippen LogP contribution in [0.2, 0.25) is 0 Å². The highest BCUT2D eigenvalue weighted by molar-refractivity contribution is 5.82. The summed E-state index contributed by atoms with van der Waals surface area (Å²) in [6.45, 7) is 3.62. The number of fused-ring (bicyclic) bond motifs is 1. The van der Waals surface area contributed by atoms with E-state index < -0.39 is 0 Å². The van der Waals surface area contributed by atoms with Gasteiger partial charge in [0.25, 0.3) is 0 Å². The largest absolute Gasteiger partial charge is 0.375 e. The molecule has 2 heterocycles. The van der Waals surface area contributed by atoms with Crippen LogP contribution in [0.5, 0.6) is 0 Å². The second kappa shape index (κ2) is 6.64. The summed E-state index contributed by atoms with van der Waals surface area (Å²) in [7, 11) is 1.85. The first kappa shape index (κ1) is 15.9. The molecule has 0 bridgehead atoms. The van der Waals surface area contributed by atoms with E-state index in [0.717, 1.165) is 11.3 Å². The van der Waals surface area contributed by atoms with Crippen molar-refractivity contribution in [2.24, 2.45) is 7.05 Å². The zero-order valence-electron chi connectivity index (χ0n) is 13.3. The van der Waals surface area contributed by atoms with Gasteiger partial charge in [0.1, 0.15) is 17.4 Å². The molecule has 0 radical (unpaired) electrons. The van der Waals surface area contributed by atoms with Crippen LogP contribution in [0.15, 0.2) is 18.2 Å². The Bertz CT molecular complexity index is 715. The van der Waals surface area contributed by atoms with Gasteiger partial charge in [-0.1, -0.05) is 6.07 Å². The van der Waals surface area contributed by atoms with Gasteiger partial charge >= 0.3 is 0 Å². The summed E-state index contributed by atoms with van der Waals surface area (Å²) in [5.41, 5.74) is 1.12. The second-order valence-electron chi connectivity index (χ2n) is 5.74. The molecule has 1 aromatic carbocycles. The summed E-state index contributed by atoms with van der Waals surface area (Å²) in [4.78, 5) is 16.5. The summed E-state index contributed by atoms with van der Waals surface area (Å²) < 4.78 is 21.1. The second-order valence-corrected chi connectivity index (χ2v) is 5.74. The van der Waals surface area contributed by atoms with Gasteiger partial charge < -0.3 is 19.9 Å². The Kier molecular flexibility index (Phi) is 4.58. The van der Waals surface area contributed by atoms with Gasteiger partial charge in [0.15, 0.2) is 5.82 Å². The molecule has 1 fully saturated rings. The maximum Gasteiger partial charge on any atom is 0.239 e. The van der Waals surface area contributed by atoms with Gasteiger partial charge in [0, 0.05) is 26.6 Å². The minimum Gasteiger partial charge on any atom is -0.375 e. The minimum atomic E-state index is -0.332. The Hall–Kier alpha value is -1.99. The normalized spacial score (nSPS) is 21.5. The van der Waals surface area contributed by atoms with Crippen LogP contribution < -0.4 is 10.6 Å². The van der Waals surface area contributed by atoms with Gasteiger partial charge in [0.2, 0.25) is 5.91 Å². The number of hydrogen-bond acceptors (Lipinski definition) is 4. The number of morpholine rings is 1. The van der Waals surface area contributed by atoms with Crippen molar-refractivity contribution in [1.82, 2.24) is 20.2 Å². The minimum absolute atomic E-state index is 0.0813. The van der Waals surface area contributed by atoms with Gasteiger partial charge in [-0.3, -0.25) is 4.79 Å². The molecule has 2 atom stereocenters. The molecule has 1 aliphatic rings. The summed E-state index contributed by atoms with van der Waals surface area (Å²) in [5.74, 6) is 0.333. The molecule has 7 heteroatoms. The molecule has 0 spiro atoms. The standard InChI is InChI=1S/C16H21FN4O2/c1-10-14(18-8-9-23-10)16(22)19-7-6-13-20-15-11(17)4-3-5-12(15)21(13)2/h3-5,10,14,18H,6-9H2,1-2H3,(H,19,22)/t10-,14+/m1/s1. The number of benzene rings is 1. The number of halogens is 1. The van der Waals surface area contributed by atoms with Crippen molar-refractivity contribution in [3.63, 3.8) is 0 Å². The van der Waals surface area contributed by atoms with Gasteiger partial charge in [-0.25, -0.2) is 9.37 Å². The molecule has 1 aliphatic heterocycles. The average molecular weight is 320 g/mol. The molecule has 0 unspecified atom stereocenters. The fourth-order valence-electron chi connectivity index (χ4n) is 2.89. The molecule has 1 amide bonds. The fraction of sp³-hybridized carbons (Fsp3) is 0.500. The Morgan fingerprint density at radius 2 is 2.39 bits per heavy atom. The third kappa shape index (κ3) is 3.20. The fourth-order valence-corrected chi connectivity index (χ4v) is 2.89. The lowest BCUT2D eigenvalue weighted by atomic mass is 10.1. The number of aryl methyl sites for hydroxylation is 1. The van der Waals surface area contributed by atoms with Crippen LogP contribution in [0, 0.1) is 5.82 Å². The van der Waals surface area contributed by atoms with E-state index in [0.29, 0.717) is 31.6 Å². The highest BCUT2D eigenvalue weighted by Gasteiger charge is 2.27. The molecule has 124 valence electrons. The number of ether oxygens (including phenoxy) is 1. The van der Waals surface area contributed by atoms with Crippen LogP contribution in [0.1, 0.15) is 12.7 Å². The van der Waals surface area contributed by atoms with Crippen molar-refractivity contribution in [3.8, 4) is 0 Å². The Morgan fingerprint density at radius 1 is 1.57 bits per heavy atom. The third-order valence-corrected chi connectivity index (χ3v) is 4.20. The Labute approximate surface area is 134 Å². The van der Waals surface area contributed by atoms with E-state index in [1.54, 1.807) is 6.07 Å². The van der Waals surface area contributed by atoms with E-state index in [9.17, 15) is 9.18 Å². The molecule has 23 heavy (non-hydrogen) atoms. The summed E-state index contributed by atoms with van der Waals surface area (Å²) in [6, 6.07) is 4.57. The van der Waals surface area contributed by atoms with Gasteiger partial charge in [-0.15, -0.1) is 0 Å². The maximum atomic E-state index is 13.7. The molecule has 0 aliphatic carbocycles. The smallest absolute Gasteiger partial charge is 0.239 e. The first-order chi connectivity index (χ1) is 11.1. The first-order valence-corrected chi connectivity index (χ1v) is 7.80. The van der Waals surface area contributed by atoms with E-state index in [4.69, 9.17) is 4.74 Å². The maximum absolute atomic E-state index is 13.7. The lowest BCUT2D eigenvalue weighted by Gasteiger charge is -2.29. The lowest BCUT2D eigenvalue weighted by Crippen LogP contribution is -2.55. The van der Waals surface area contributed by atoms with Crippen LogP contribution in [-0.2, 0) is 23.0 Å². The van der Waals surface area contributed by atoms with E-state index in [1.807, 2.05) is 24.6 Å². The first-order valence-electron chi connectivity index (χ1n) is 7.80. The quantitative estimate of drug-likeness (QED) is 0.872. The van der Waals surface area contributed by atoms with E-state index in [-0.39, 0.29) is 23.9 Å². The number of aromatic nitrogens is 2. The monoisotopic (exact) mass is 320 g/mol. The molecular formula is C16H21FN4O2. The van der Waals surface area contributed by atoms with Crippen molar-refractivity contribution >= 4 is 16.9 Å². The zero-order chi connectivity index (χ0) is 16.4. The number of nitrogens with zero attached hydrogens (tertiary/aromatic N) is 2. The zero-order valence-corrected chi connectivity index (χ0v) is 13.3. The predicted molar refractivity (Wildman–Crippen MR) is 84.6 cm³/mol. The number of hydrogen-bond donors (Lipinski definition) is 2. The molecule has 1 saturated heterocycles. The SMILES string of the molecule is C[C@H]1OCCN[C@@H]1C(=O)NCCc1nc2c(F)cccc2n1C. The number of nitrogens with one attached hydrogen (secondary N) is 2. The molecule has 2 N–H and O–H groups in total. The summed E-state index contributed by atoms with van der Waals surface area (Å²) >= 11 is 0. The van der Waals surface area contributed by atoms with Crippen molar-refractivity contribution in [2.45, 2.75) is 25.5 Å². The van der Waals surface area contributed by atoms with Crippen molar-refractivity contribution < 1.29 is 13.9 Å². The van der Waals surface area contributed by atoms with Gasteiger partial charge in [-0.2, -0.15) is 0 Å². The molecule has 0 saturated carbocycles. The predicted octanol–water partition coefficient (Wildman–Crippen LogP) is 0.748. The van der Waals surface area contributed by atoms with E-state index in [2.05, 4.69) is 15.6 Å². The average Bonchev–Trinajstić information content (AvgIpc) is 2.86. The highest BCUT2D eigenvalue weighted by Crippen LogP contribution is 2.18. The lowest BCUT2D eigenvalue weighted by molar-refractivity contribution is -0.128. The van der Waals surface area contributed by atoms with E-state index in [1.165, 1.54) is 6.07 Å². The summed E-state index contributed by atoms with van der Waals surface area (Å²) in [6.07, 6.45) is 0.395. The number of para-hydroxylation sites is 1. The topological polar surface area (TPSA) is 68.2 Å². The highest BCUT2D eigenvalue weighted by atomic mass is 19.1. The molecule has 1 aromatic heterocycles. The number of carbonyl (C=O) groups excluding carboxylic acids is 1. The molecule has 3 rings (SSSR count). The van der Waals surface area contributed by atoms with Crippen LogP contribution in [0.25, 0.3) is 11.0 Å². The third-order valence-electron chi connectivity index (χ3n) is 4.20. The van der Waals surface area contributed by atoms with Crippen LogP contribution in [0.3, 0.4) is 0 Å². The van der Waals surface area contributed by atoms with Gasteiger partial charge in [0.05, 0.1) is 18.2 Å². The molecule has 6 nitrogen and oxygen atoms in total. The number of amides is 1.